The molecule has 1 heterocycles. The Morgan fingerprint density at radius 2 is 2.07 bits per heavy atom. The summed E-state index contributed by atoms with van der Waals surface area (Å²) < 4.78 is 5.28. The van der Waals surface area contributed by atoms with Crippen molar-refractivity contribution in [2.75, 3.05) is 0 Å². The van der Waals surface area contributed by atoms with Crippen LogP contribution in [-0.4, -0.2) is 11.4 Å². The molecule has 72 valence electrons. The fourth-order valence-corrected chi connectivity index (χ4v) is 1.62. The quantitative estimate of drug-likeness (QED) is 0.703. The van der Waals surface area contributed by atoms with E-state index in [-0.39, 0.29) is 11.5 Å². The number of rotatable bonds is 1. The van der Waals surface area contributed by atoms with Gasteiger partial charge < -0.3 is 9.52 Å². The second kappa shape index (κ2) is 2.87. The third kappa shape index (κ3) is 1.09. The second-order valence-electron chi connectivity index (χ2n) is 3.37. The van der Waals surface area contributed by atoms with E-state index in [1.54, 1.807) is 19.1 Å². The van der Waals surface area contributed by atoms with Crippen LogP contribution in [0, 0.1) is 13.8 Å². The van der Waals surface area contributed by atoms with Crippen molar-refractivity contribution in [3.05, 3.63) is 29.0 Å². The fraction of sp³-hybridized carbons (Fsp3) is 0.182. The largest absolute Gasteiger partial charge is 0.507 e. The van der Waals surface area contributed by atoms with Gasteiger partial charge in [0.2, 0.25) is 0 Å². The highest BCUT2D eigenvalue weighted by molar-refractivity contribution is 5.93. The number of phenolic OH excluding ortho intramolecular Hbond substituents is 1. The van der Waals surface area contributed by atoms with E-state index in [1.807, 2.05) is 6.92 Å². The molecule has 0 aliphatic heterocycles. The maximum absolute atomic E-state index is 10.6. The molecule has 0 spiro atoms. The summed E-state index contributed by atoms with van der Waals surface area (Å²) in [4.78, 5) is 10.6. The maximum atomic E-state index is 10.6. The van der Waals surface area contributed by atoms with Crippen molar-refractivity contribution in [3.63, 3.8) is 0 Å². The number of fused-ring (bicyclic) bond motifs is 1. The number of benzene rings is 1. The Kier molecular flexibility index (Phi) is 1.81. The van der Waals surface area contributed by atoms with Crippen LogP contribution >= 0.6 is 0 Å². The summed E-state index contributed by atoms with van der Waals surface area (Å²) in [5.41, 5.74) is 2.15. The predicted octanol–water partition coefficient (Wildman–Crippen LogP) is 2.57. The smallest absolute Gasteiger partial charge is 0.185 e. The topological polar surface area (TPSA) is 50.4 Å². The molecule has 0 aliphatic rings. The minimum Gasteiger partial charge on any atom is -0.507 e. The highest BCUT2D eigenvalue weighted by Crippen LogP contribution is 2.32. The highest BCUT2D eigenvalue weighted by atomic mass is 16.3. The van der Waals surface area contributed by atoms with Gasteiger partial charge in [-0.3, -0.25) is 4.79 Å². The summed E-state index contributed by atoms with van der Waals surface area (Å²) in [7, 11) is 0. The lowest BCUT2D eigenvalue weighted by atomic mass is 10.1. The molecule has 0 fully saturated rings. The zero-order valence-electron chi connectivity index (χ0n) is 8.00. The second-order valence-corrected chi connectivity index (χ2v) is 3.37. The van der Waals surface area contributed by atoms with E-state index in [0.29, 0.717) is 22.8 Å². The van der Waals surface area contributed by atoms with Gasteiger partial charge in [0.05, 0.1) is 5.39 Å². The standard InChI is InChI=1S/C11H10O3/c1-6-3-8(13)11-7(2)10(5-12)14-9(11)4-6/h3-5,13H,1-2H3. The first-order valence-corrected chi connectivity index (χ1v) is 4.31. The van der Waals surface area contributed by atoms with Crippen molar-refractivity contribution in [1.29, 1.82) is 0 Å². The Hall–Kier alpha value is -1.77. The van der Waals surface area contributed by atoms with Gasteiger partial charge in [0, 0.05) is 5.56 Å². The van der Waals surface area contributed by atoms with Crippen LogP contribution in [0.25, 0.3) is 11.0 Å². The van der Waals surface area contributed by atoms with Gasteiger partial charge in [-0.05, 0) is 31.5 Å². The van der Waals surface area contributed by atoms with Crippen LogP contribution in [0.4, 0.5) is 0 Å². The van der Waals surface area contributed by atoms with Gasteiger partial charge in [-0.15, -0.1) is 0 Å². The molecular formula is C11H10O3. The summed E-state index contributed by atoms with van der Waals surface area (Å²) >= 11 is 0. The molecule has 0 amide bonds. The van der Waals surface area contributed by atoms with E-state index in [0.717, 1.165) is 5.56 Å². The molecule has 2 aromatic rings. The molecule has 1 aromatic heterocycles. The number of aromatic hydroxyl groups is 1. The van der Waals surface area contributed by atoms with Gasteiger partial charge in [0.15, 0.2) is 12.0 Å². The minimum absolute atomic E-state index is 0.161. The Morgan fingerprint density at radius 1 is 1.36 bits per heavy atom. The van der Waals surface area contributed by atoms with Gasteiger partial charge in [-0.1, -0.05) is 0 Å². The van der Waals surface area contributed by atoms with Crippen molar-refractivity contribution < 1.29 is 14.3 Å². The molecule has 3 nitrogen and oxygen atoms in total. The lowest BCUT2D eigenvalue weighted by Crippen LogP contribution is -1.78. The number of carbonyl (C=O) groups is 1. The van der Waals surface area contributed by atoms with Gasteiger partial charge in [0.1, 0.15) is 11.3 Å². The Balaban J connectivity index is 2.92. The summed E-state index contributed by atoms with van der Waals surface area (Å²) in [5, 5.41) is 10.3. The molecule has 0 atom stereocenters. The molecule has 1 aromatic carbocycles. The van der Waals surface area contributed by atoms with Crippen LogP contribution in [0.2, 0.25) is 0 Å². The number of furan rings is 1. The molecule has 0 bridgehead atoms. The van der Waals surface area contributed by atoms with E-state index >= 15 is 0 Å². The van der Waals surface area contributed by atoms with Crippen molar-refractivity contribution in [2.45, 2.75) is 13.8 Å². The zero-order chi connectivity index (χ0) is 10.3. The molecule has 1 N–H and O–H groups in total. The molecule has 0 radical (unpaired) electrons. The van der Waals surface area contributed by atoms with Gasteiger partial charge in [-0.25, -0.2) is 0 Å². The number of aldehydes is 1. The van der Waals surface area contributed by atoms with E-state index in [2.05, 4.69) is 0 Å². The van der Waals surface area contributed by atoms with Crippen LogP contribution in [0.5, 0.6) is 5.75 Å². The Labute approximate surface area is 81.0 Å². The summed E-state index contributed by atoms with van der Waals surface area (Å²) in [6, 6.07) is 3.45. The van der Waals surface area contributed by atoms with E-state index < -0.39 is 0 Å². The molecule has 3 heteroatoms. The van der Waals surface area contributed by atoms with Crippen molar-refractivity contribution >= 4 is 17.3 Å². The number of hydrogen-bond acceptors (Lipinski definition) is 3. The molecule has 0 saturated carbocycles. The van der Waals surface area contributed by atoms with Crippen molar-refractivity contribution in [3.8, 4) is 5.75 Å². The summed E-state index contributed by atoms with van der Waals surface area (Å²) in [5.74, 6) is 0.440. The summed E-state index contributed by atoms with van der Waals surface area (Å²) in [6.07, 6.45) is 0.657. The number of hydrogen-bond donors (Lipinski definition) is 1. The van der Waals surface area contributed by atoms with E-state index in [1.165, 1.54) is 0 Å². The average molecular weight is 190 g/mol. The molecule has 14 heavy (non-hydrogen) atoms. The van der Waals surface area contributed by atoms with Crippen LogP contribution in [-0.2, 0) is 0 Å². The van der Waals surface area contributed by atoms with Gasteiger partial charge >= 0.3 is 0 Å². The molecule has 2 rings (SSSR count). The van der Waals surface area contributed by atoms with Crippen LogP contribution < -0.4 is 0 Å². The first kappa shape index (κ1) is 8.81. The van der Waals surface area contributed by atoms with Crippen LogP contribution in [0.15, 0.2) is 16.5 Å². The molecule has 0 aliphatic carbocycles. The first-order chi connectivity index (χ1) is 6.63. The Morgan fingerprint density at radius 3 is 2.71 bits per heavy atom. The monoisotopic (exact) mass is 190 g/mol. The predicted molar refractivity (Wildman–Crippen MR) is 52.7 cm³/mol. The van der Waals surface area contributed by atoms with Gasteiger partial charge in [0.25, 0.3) is 0 Å². The maximum Gasteiger partial charge on any atom is 0.185 e. The molecular weight excluding hydrogens is 180 g/mol. The van der Waals surface area contributed by atoms with Crippen LogP contribution in [0.3, 0.4) is 0 Å². The number of carbonyl (C=O) groups excluding carboxylic acids is 1. The van der Waals surface area contributed by atoms with Crippen LogP contribution in [0.1, 0.15) is 21.7 Å². The van der Waals surface area contributed by atoms with E-state index in [4.69, 9.17) is 4.42 Å². The normalized spacial score (nSPS) is 10.7. The SMILES string of the molecule is Cc1cc(O)c2c(C)c(C=O)oc2c1. The Bertz CT molecular complexity index is 509. The highest BCUT2D eigenvalue weighted by Gasteiger charge is 2.13. The molecule has 0 saturated heterocycles. The van der Waals surface area contributed by atoms with Crippen molar-refractivity contribution in [1.82, 2.24) is 0 Å². The number of phenols is 1. The van der Waals surface area contributed by atoms with Crippen molar-refractivity contribution in [2.24, 2.45) is 0 Å². The third-order valence-electron chi connectivity index (χ3n) is 2.30. The lowest BCUT2D eigenvalue weighted by molar-refractivity contribution is 0.110. The third-order valence-corrected chi connectivity index (χ3v) is 2.30. The summed E-state index contributed by atoms with van der Waals surface area (Å²) in [6.45, 7) is 3.61. The lowest BCUT2D eigenvalue weighted by Gasteiger charge is -1.96. The minimum atomic E-state index is 0.161. The number of aryl methyl sites for hydroxylation is 2. The first-order valence-electron chi connectivity index (χ1n) is 4.31. The van der Waals surface area contributed by atoms with E-state index in [9.17, 15) is 9.90 Å². The molecule has 0 unspecified atom stereocenters. The fourth-order valence-electron chi connectivity index (χ4n) is 1.62. The average Bonchev–Trinajstić information content (AvgIpc) is 2.42. The zero-order valence-corrected chi connectivity index (χ0v) is 8.00. The van der Waals surface area contributed by atoms with Gasteiger partial charge in [-0.2, -0.15) is 0 Å².